The normalized spacial score (nSPS) is 14.9. The number of aromatic nitrogens is 2. The first-order valence-electron chi connectivity index (χ1n) is 8.67. The van der Waals surface area contributed by atoms with E-state index < -0.39 is 4.92 Å². The molecule has 1 aliphatic rings. The first-order valence-corrected chi connectivity index (χ1v) is 9.55. The number of nitriles is 1. The average Bonchev–Trinajstić information content (AvgIpc) is 3.17. The molecule has 0 bridgehead atoms. The van der Waals surface area contributed by atoms with Crippen molar-refractivity contribution in [3.05, 3.63) is 67.6 Å². The average molecular weight is 396 g/mol. The van der Waals surface area contributed by atoms with Crippen LogP contribution in [0.25, 0.3) is 4.96 Å². The third-order valence-electron chi connectivity index (χ3n) is 4.76. The number of nitrogens with zero attached hydrogens (tertiary/aromatic N) is 6. The van der Waals surface area contributed by atoms with Gasteiger partial charge < -0.3 is 4.90 Å². The molecule has 3 heterocycles. The van der Waals surface area contributed by atoms with Gasteiger partial charge in [-0.3, -0.25) is 24.2 Å². The lowest BCUT2D eigenvalue weighted by molar-refractivity contribution is -0.384. The molecule has 2 aromatic heterocycles. The van der Waals surface area contributed by atoms with Crippen LogP contribution in [0.3, 0.4) is 0 Å². The fraction of sp³-hybridized carbons (Fsp3) is 0.278. The van der Waals surface area contributed by atoms with E-state index in [-0.39, 0.29) is 11.2 Å². The minimum atomic E-state index is -0.420. The Balaban J connectivity index is 1.48. The quantitative estimate of drug-likeness (QED) is 0.489. The maximum absolute atomic E-state index is 12.1. The highest BCUT2D eigenvalue weighted by molar-refractivity contribution is 7.15. The number of fused-ring (bicyclic) bond motifs is 1. The number of hydrogen-bond donors (Lipinski definition) is 0. The van der Waals surface area contributed by atoms with Gasteiger partial charge in [0.15, 0.2) is 4.96 Å². The Morgan fingerprint density at radius 2 is 2.04 bits per heavy atom. The summed E-state index contributed by atoms with van der Waals surface area (Å²) in [4.78, 5) is 32.3. The number of hydrogen-bond acceptors (Lipinski definition) is 8. The molecule has 0 amide bonds. The molecule has 0 atom stereocenters. The molecule has 0 aliphatic carbocycles. The molecule has 0 unspecified atom stereocenters. The fourth-order valence-electron chi connectivity index (χ4n) is 3.35. The molecule has 10 heteroatoms. The molecular weight excluding hydrogens is 380 g/mol. The summed E-state index contributed by atoms with van der Waals surface area (Å²) in [5, 5.41) is 22.3. The van der Waals surface area contributed by atoms with Crippen molar-refractivity contribution in [2.24, 2.45) is 0 Å². The molecule has 0 spiro atoms. The lowest BCUT2D eigenvalue weighted by Crippen LogP contribution is -2.46. The van der Waals surface area contributed by atoms with Crippen LogP contribution in [0.2, 0.25) is 0 Å². The molecule has 4 rings (SSSR count). The van der Waals surface area contributed by atoms with E-state index in [9.17, 15) is 14.9 Å². The van der Waals surface area contributed by atoms with E-state index in [1.807, 2.05) is 16.3 Å². The van der Waals surface area contributed by atoms with E-state index in [0.29, 0.717) is 48.9 Å². The molecule has 9 nitrogen and oxygen atoms in total. The highest BCUT2D eigenvalue weighted by Crippen LogP contribution is 2.30. The Morgan fingerprint density at radius 1 is 1.25 bits per heavy atom. The second-order valence-electron chi connectivity index (χ2n) is 6.48. The number of piperazine rings is 1. The van der Waals surface area contributed by atoms with Crippen molar-refractivity contribution in [3.63, 3.8) is 0 Å². The highest BCUT2D eigenvalue weighted by atomic mass is 32.1. The number of rotatable bonds is 4. The van der Waals surface area contributed by atoms with Crippen molar-refractivity contribution in [3.8, 4) is 6.07 Å². The highest BCUT2D eigenvalue weighted by Gasteiger charge is 2.24. The van der Waals surface area contributed by atoms with Gasteiger partial charge in [-0.15, -0.1) is 11.3 Å². The number of nitro benzene ring substituents is 1. The van der Waals surface area contributed by atoms with Crippen LogP contribution in [-0.2, 0) is 6.54 Å². The van der Waals surface area contributed by atoms with Gasteiger partial charge in [-0.25, -0.2) is 4.98 Å². The summed E-state index contributed by atoms with van der Waals surface area (Å²) in [7, 11) is 0. The van der Waals surface area contributed by atoms with E-state index in [0.717, 1.165) is 5.69 Å². The second-order valence-corrected chi connectivity index (χ2v) is 7.35. The summed E-state index contributed by atoms with van der Waals surface area (Å²) in [6.07, 6.45) is 1.71. The van der Waals surface area contributed by atoms with Crippen LogP contribution in [0.4, 0.5) is 11.4 Å². The van der Waals surface area contributed by atoms with Crippen LogP contribution in [0, 0.1) is 21.4 Å². The van der Waals surface area contributed by atoms with Crippen molar-refractivity contribution in [2.45, 2.75) is 6.54 Å². The second kappa shape index (κ2) is 7.38. The van der Waals surface area contributed by atoms with E-state index >= 15 is 0 Å². The number of anilines is 1. The molecule has 142 valence electrons. The van der Waals surface area contributed by atoms with E-state index in [1.165, 1.54) is 27.9 Å². The van der Waals surface area contributed by atoms with Crippen molar-refractivity contribution >= 4 is 27.7 Å². The molecule has 0 N–H and O–H groups in total. The van der Waals surface area contributed by atoms with Crippen LogP contribution < -0.4 is 10.5 Å². The zero-order valence-electron chi connectivity index (χ0n) is 14.8. The molecule has 1 saturated heterocycles. The van der Waals surface area contributed by atoms with Crippen LogP contribution in [0.15, 0.2) is 40.6 Å². The number of nitro groups is 1. The fourth-order valence-corrected chi connectivity index (χ4v) is 4.08. The monoisotopic (exact) mass is 396 g/mol. The molecule has 1 aromatic carbocycles. The van der Waals surface area contributed by atoms with Crippen LogP contribution >= 0.6 is 11.3 Å². The van der Waals surface area contributed by atoms with Gasteiger partial charge in [0.1, 0.15) is 5.69 Å². The number of benzene rings is 1. The van der Waals surface area contributed by atoms with E-state index in [2.05, 4.69) is 9.88 Å². The number of thiazole rings is 1. The minimum Gasteiger partial charge on any atom is -0.363 e. The van der Waals surface area contributed by atoms with Crippen molar-refractivity contribution in [1.29, 1.82) is 5.26 Å². The van der Waals surface area contributed by atoms with E-state index in [4.69, 9.17) is 5.26 Å². The van der Waals surface area contributed by atoms with Gasteiger partial charge in [0, 0.05) is 56.4 Å². The van der Waals surface area contributed by atoms with Gasteiger partial charge in [-0.1, -0.05) is 0 Å². The summed E-state index contributed by atoms with van der Waals surface area (Å²) < 4.78 is 1.52. The molecule has 0 radical (unpaired) electrons. The predicted octanol–water partition coefficient (Wildman–Crippen LogP) is 1.86. The summed E-state index contributed by atoms with van der Waals surface area (Å²) in [5.74, 6) is 0. The van der Waals surface area contributed by atoms with Crippen molar-refractivity contribution in [2.75, 3.05) is 31.1 Å². The topological polar surface area (TPSA) is 108 Å². The first kappa shape index (κ1) is 18.1. The van der Waals surface area contributed by atoms with Gasteiger partial charge >= 0.3 is 0 Å². The van der Waals surface area contributed by atoms with Crippen LogP contribution in [0.5, 0.6) is 0 Å². The predicted molar refractivity (Wildman–Crippen MR) is 105 cm³/mol. The van der Waals surface area contributed by atoms with Gasteiger partial charge in [0.25, 0.3) is 11.2 Å². The first-order chi connectivity index (χ1) is 13.5. The molecule has 3 aromatic rings. The minimum absolute atomic E-state index is 0.00489. The molecular formula is C18H16N6O3S. The summed E-state index contributed by atoms with van der Waals surface area (Å²) in [5.41, 5.74) is 1.50. The third-order valence-corrected chi connectivity index (χ3v) is 5.51. The van der Waals surface area contributed by atoms with Crippen LogP contribution in [-0.4, -0.2) is 45.4 Å². The molecule has 1 aliphatic heterocycles. The van der Waals surface area contributed by atoms with Crippen molar-refractivity contribution in [1.82, 2.24) is 14.3 Å². The Hall–Kier alpha value is -3.29. The molecule has 1 fully saturated rings. The SMILES string of the molecule is N#Cc1ccc([N+](=O)[O-])c(N2CCN(Cc3cc(=O)n4ccsc4n3)CC2)c1. The smallest absolute Gasteiger partial charge is 0.292 e. The van der Waals surface area contributed by atoms with Gasteiger partial charge in [-0.2, -0.15) is 5.26 Å². The summed E-state index contributed by atoms with van der Waals surface area (Å²) in [6, 6.07) is 8.00. The van der Waals surface area contributed by atoms with Crippen LogP contribution in [0.1, 0.15) is 11.3 Å². The molecule has 0 saturated carbocycles. The van der Waals surface area contributed by atoms with Gasteiger partial charge in [0.2, 0.25) is 0 Å². The Labute approximate surface area is 163 Å². The largest absolute Gasteiger partial charge is 0.363 e. The van der Waals surface area contributed by atoms with Crippen molar-refractivity contribution < 1.29 is 4.92 Å². The Kier molecular flexibility index (Phi) is 4.77. The maximum atomic E-state index is 12.1. The summed E-state index contributed by atoms with van der Waals surface area (Å²) >= 11 is 1.42. The maximum Gasteiger partial charge on any atom is 0.292 e. The Morgan fingerprint density at radius 3 is 2.75 bits per heavy atom. The third kappa shape index (κ3) is 3.45. The van der Waals surface area contributed by atoms with Gasteiger partial charge in [0.05, 0.1) is 22.2 Å². The molecule has 28 heavy (non-hydrogen) atoms. The summed E-state index contributed by atoms with van der Waals surface area (Å²) in [6.45, 7) is 3.10. The van der Waals surface area contributed by atoms with E-state index in [1.54, 1.807) is 18.3 Å². The lowest BCUT2D eigenvalue weighted by atomic mass is 10.1. The zero-order chi connectivity index (χ0) is 19.7. The zero-order valence-corrected chi connectivity index (χ0v) is 15.6. The van der Waals surface area contributed by atoms with Gasteiger partial charge in [-0.05, 0) is 12.1 Å². The lowest BCUT2D eigenvalue weighted by Gasteiger charge is -2.35. The standard InChI is InChI=1S/C18H16N6O3S/c19-11-13-1-2-15(24(26)27)16(9-13)22-5-3-21(4-6-22)12-14-10-17(25)23-7-8-28-18(23)20-14/h1-2,7-10H,3-6,12H2. The Bertz CT molecular complexity index is 1140.